The van der Waals surface area contributed by atoms with Crippen molar-refractivity contribution in [1.29, 1.82) is 0 Å². The van der Waals surface area contributed by atoms with Gasteiger partial charge in [0.05, 0.1) is 17.5 Å². The highest BCUT2D eigenvalue weighted by Gasteiger charge is 2.16. The molecule has 2 aromatic carbocycles. The molecule has 7 heteroatoms. The van der Waals surface area contributed by atoms with Crippen molar-refractivity contribution < 1.29 is 19.0 Å². The fourth-order valence-electron chi connectivity index (χ4n) is 3.33. The van der Waals surface area contributed by atoms with E-state index in [1.165, 1.54) is 0 Å². The summed E-state index contributed by atoms with van der Waals surface area (Å²) in [5.74, 6) is 2.06. The number of carbonyl (C=O) groups is 1. The van der Waals surface area contributed by atoms with Gasteiger partial charge in [0, 0.05) is 18.7 Å². The smallest absolute Gasteiger partial charge is 0.251 e. The second-order valence-electron chi connectivity index (χ2n) is 6.92. The number of hydrogen-bond donors (Lipinski definition) is 1. The maximum atomic E-state index is 12.7. The number of unbranched alkanes of at least 4 members (excludes halogenated alkanes) is 1. The molecule has 1 aliphatic rings. The third kappa shape index (κ3) is 3.99. The van der Waals surface area contributed by atoms with Crippen molar-refractivity contribution in [2.45, 2.75) is 39.8 Å². The molecule has 0 fully saturated rings. The number of carbonyl (C=O) groups excluding carboxylic acids is 1. The van der Waals surface area contributed by atoms with Gasteiger partial charge in [-0.25, -0.2) is 4.68 Å². The topological polar surface area (TPSA) is 74.6 Å². The van der Waals surface area contributed by atoms with E-state index in [1.54, 1.807) is 0 Å². The van der Waals surface area contributed by atoms with Crippen LogP contribution in [0, 0.1) is 0 Å². The highest BCUT2D eigenvalue weighted by Crippen LogP contribution is 2.32. The van der Waals surface area contributed by atoms with Gasteiger partial charge in [-0.1, -0.05) is 19.4 Å². The van der Waals surface area contributed by atoms with E-state index in [-0.39, 0.29) is 12.7 Å². The monoisotopic (exact) mass is 395 g/mol. The van der Waals surface area contributed by atoms with Crippen molar-refractivity contribution in [3.63, 3.8) is 0 Å². The Morgan fingerprint density at radius 3 is 2.86 bits per heavy atom. The Morgan fingerprint density at radius 2 is 2.03 bits per heavy atom. The van der Waals surface area contributed by atoms with Crippen molar-refractivity contribution in [2.24, 2.45) is 0 Å². The van der Waals surface area contributed by atoms with Gasteiger partial charge in [0.15, 0.2) is 11.5 Å². The number of ether oxygens (including phenoxy) is 3. The van der Waals surface area contributed by atoms with Crippen LogP contribution in [-0.2, 0) is 13.1 Å². The number of nitrogens with one attached hydrogen (secondary N) is 1. The van der Waals surface area contributed by atoms with Crippen LogP contribution in [-0.4, -0.2) is 29.1 Å². The number of aromatic nitrogens is 2. The Labute approximate surface area is 169 Å². The summed E-state index contributed by atoms with van der Waals surface area (Å²) < 4.78 is 18.4. The molecule has 2 heterocycles. The molecule has 0 atom stereocenters. The average Bonchev–Trinajstić information content (AvgIpc) is 3.34. The first kappa shape index (κ1) is 19.1. The lowest BCUT2D eigenvalue weighted by Crippen LogP contribution is -2.22. The summed E-state index contributed by atoms with van der Waals surface area (Å²) in [6.45, 7) is 6.12. The van der Waals surface area contributed by atoms with Crippen LogP contribution in [0.5, 0.6) is 17.4 Å². The Kier molecular flexibility index (Phi) is 5.55. The van der Waals surface area contributed by atoms with E-state index in [9.17, 15) is 4.79 Å². The number of nitrogens with zero attached hydrogens (tertiary/aromatic N) is 2. The summed E-state index contributed by atoms with van der Waals surface area (Å²) in [5.41, 5.74) is 2.29. The first-order valence-corrected chi connectivity index (χ1v) is 9.99. The van der Waals surface area contributed by atoms with Gasteiger partial charge in [0.25, 0.3) is 5.91 Å². The standard InChI is InChI=1S/C22H25N3O4/c1-3-5-10-25-22(27-4-2)17-8-7-16(12-18(17)24-25)21(26)23-13-15-6-9-19-20(11-15)29-14-28-19/h6-9,11-12H,3-5,10,13-14H2,1-2H3,(H,23,26). The van der Waals surface area contributed by atoms with Crippen molar-refractivity contribution in [3.8, 4) is 17.4 Å². The number of aryl methyl sites for hydroxylation is 1. The molecule has 7 nitrogen and oxygen atoms in total. The van der Waals surface area contributed by atoms with Crippen LogP contribution in [0.15, 0.2) is 36.4 Å². The molecule has 0 aliphatic carbocycles. The van der Waals surface area contributed by atoms with Crippen LogP contribution in [0.1, 0.15) is 42.6 Å². The Hall–Kier alpha value is -3.22. The summed E-state index contributed by atoms with van der Waals surface area (Å²) in [6.07, 6.45) is 2.10. The minimum absolute atomic E-state index is 0.148. The van der Waals surface area contributed by atoms with Crippen LogP contribution in [0.4, 0.5) is 0 Å². The molecule has 0 bridgehead atoms. The fraction of sp³-hybridized carbons (Fsp3) is 0.364. The first-order valence-electron chi connectivity index (χ1n) is 9.99. The molecule has 29 heavy (non-hydrogen) atoms. The quantitative estimate of drug-likeness (QED) is 0.626. The zero-order valence-corrected chi connectivity index (χ0v) is 16.7. The molecule has 0 unspecified atom stereocenters. The molecule has 0 saturated carbocycles. The molecule has 0 saturated heterocycles. The minimum atomic E-state index is -0.148. The minimum Gasteiger partial charge on any atom is -0.478 e. The third-order valence-electron chi connectivity index (χ3n) is 4.85. The van der Waals surface area contributed by atoms with Crippen LogP contribution in [0.3, 0.4) is 0 Å². The second-order valence-corrected chi connectivity index (χ2v) is 6.92. The third-order valence-corrected chi connectivity index (χ3v) is 4.85. The Bertz CT molecular complexity index is 1030. The van der Waals surface area contributed by atoms with Gasteiger partial charge in [-0.15, -0.1) is 0 Å². The summed E-state index contributed by atoms with van der Waals surface area (Å²) in [5, 5.41) is 8.53. The fourth-order valence-corrected chi connectivity index (χ4v) is 3.33. The number of amides is 1. The molecule has 1 N–H and O–H groups in total. The molecule has 0 radical (unpaired) electrons. The SMILES string of the molecule is CCCCn1nc2cc(C(=O)NCc3ccc4c(c3)OCO4)ccc2c1OCC. The largest absolute Gasteiger partial charge is 0.478 e. The molecular weight excluding hydrogens is 370 g/mol. The maximum Gasteiger partial charge on any atom is 0.251 e. The molecular formula is C22H25N3O4. The van der Waals surface area contributed by atoms with E-state index >= 15 is 0 Å². The van der Waals surface area contributed by atoms with E-state index in [2.05, 4.69) is 17.3 Å². The lowest BCUT2D eigenvalue weighted by Gasteiger charge is -2.07. The lowest BCUT2D eigenvalue weighted by molar-refractivity contribution is 0.0951. The van der Waals surface area contributed by atoms with E-state index in [4.69, 9.17) is 14.2 Å². The molecule has 1 aromatic heterocycles. The molecule has 1 aliphatic heterocycles. The van der Waals surface area contributed by atoms with Crippen molar-refractivity contribution >= 4 is 16.8 Å². The first-order chi connectivity index (χ1) is 14.2. The van der Waals surface area contributed by atoms with E-state index < -0.39 is 0 Å². The number of rotatable bonds is 8. The van der Waals surface area contributed by atoms with Crippen molar-refractivity contribution in [1.82, 2.24) is 15.1 Å². The van der Waals surface area contributed by atoms with Crippen LogP contribution in [0.25, 0.3) is 10.9 Å². The predicted molar refractivity (Wildman–Crippen MR) is 110 cm³/mol. The molecule has 1 amide bonds. The highest BCUT2D eigenvalue weighted by atomic mass is 16.7. The summed E-state index contributed by atoms with van der Waals surface area (Å²) >= 11 is 0. The van der Waals surface area contributed by atoms with Gasteiger partial charge < -0.3 is 19.5 Å². The lowest BCUT2D eigenvalue weighted by atomic mass is 10.1. The van der Waals surface area contributed by atoms with Gasteiger partial charge in [0.1, 0.15) is 0 Å². The van der Waals surface area contributed by atoms with E-state index in [0.29, 0.717) is 24.5 Å². The van der Waals surface area contributed by atoms with Crippen LogP contribution < -0.4 is 19.5 Å². The van der Waals surface area contributed by atoms with Gasteiger partial charge >= 0.3 is 0 Å². The van der Waals surface area contributed by atoms with E-state index in [1.807, 2.05) is 48.0 Å². The maximum absolute atomic E-state index is 12.7. The number of hydrogen-bond acceptors (Lipinski definition) is 5. The van der Waals surface area contributed by atoms with Crippen LogP contribution >= 0.6 is 0 Å². The van der Waals surface area contributed by atoms with Crippen LogP contribution in [0.2, 0.25) is 0 Å². The number of fused-ring (bicyclic) bond motifs is 2. The molecule has 0 spiro atoms. The van der Waals surface area contributed by atoms with Gasteiger partial charge in [-0.2, -0.15) is 5.10 Å². The second kappa shape index (κ2) is 8.43. The summed E-state index contributed by atoms with van der Waals surface area (Å²) in [6, 6.07) is 11.2. The molecule has 152 valence electrons. The van der Waals surface area contributed by atoms with Crippen molar-refractivity contribution in [2.75, 3.05) is 13.4 Å². The normalized spacial score (nSPS) is 12.3. The van der Waals surface area contributed by atoms with Crippen molar-refractivity contribution in [3.05, 3.63) is 47.5 Å². The van der Waals surface area contributed by atoms with Gasteiger partial charge in [-0.3, -0.25) is 4.79 Å². The zero-order valence-electron chi connectivity index (χ0n) is 16.7. The van der Waals surface area contributed by atoms with Gasteiger partial charge in [0.2, 0.25) is 12.7 Å². The predicted octanol–water partition coefficient (Wildman–Crippen LogP) is 3.89. The summed E-state index contributed by atoms with van der Waals surface area (Å²) in [7, 11) is 0. The Morgan fingerprint density at radius 1 is 1.17 bits per heavy atom. The summed E-state index contributed by atoms with van der Waals surface area (Å²) in [4.78, 5) is 12.7. The zero-order chi connectivity index (χ0) is 20.2. The highest BCUT2D eigenvalue weighted by molar-refractivity contribution is 5.98. The van der Waals surface area contributed by atoms with E-state index in [0.717, 1.165) is 47.5 Å². The average molecular weight is 395 g/mol. The molecule has 4 rings (SSSR count). The van der Waals surface area contributed by atoms with Gasteiger partial charge in [-0.05, 0) is 49.2 Å². The molecule has 3 aromatic rings. The number of benzene rings is 2. The Balaban J connectivity index is 1.50.